The van der Waals surface area contributed by atoms with Crippen LogP contribution in [0.15, 0.2) is 77.4 Å². The molecule has 1 N–H and O–H groups in total. The highest BCUT2D eigenvalue weighted by atomic mass is 79.9. The average molecular weight is 575 g/mol. The van der Waals surface area contributed by atoms with Crippen molar-refractivity contribution in [2.24, 2.45) is 0 Å². The van der Waals surface area contributed by atoms with E-state index in [1.165, 1.54) is 12.1 Å². The van der Waals surface area contributed by atoms with Crippen LogP contribution < -0.4 is 5.32 Å². The molecule has 6 rings (SSSR count). The van der Waals surface area contributed by atoms with Crippen LogP contribution in [0.25, 0.3) is 16.8 Å². The van der Waals surface area contributed by atoms with Gasteiger partial charge in [0.15, 0.2) is 6.23 Å². The van der Waals surface area contributed by atoms with E-state index in [4.69, 9.17) is 9.84 Å². The molecule has 0 bridgehead atoms. The van der Waals surface area contributed by atoms with E-state index in [1.54, 1.807) is 28.6 Å². The minimum Gasteiger partial charge on any atom is -0.339 e. The van der Waals surface area contributed by atoms with Crippen molar-refractivity contribution < 1.29 is 18.7 Å². The van der Waals surface area contributed by atoms with Crippen molar-refractivity contribution in [3.05, 3.63) is 100 Å². The number of halogens is 2. The van der Waals surface area contributed by atoms with E-state index >= 15 is 0 Å². The first-order valence-corrected chi connectivity index (χ1v) is 13.1. The maximum atomic E-state index is 13.7. The molecule has 3 aromatic carbocycles. The average Bonchev–Trinajstić information content (AvgIpc) is 3.58. The van der Waals surface area contributed by atoms with E-state index in [0.29, 0.717) is 25.1 Å². The number of carbonyl (C=O) groups is 2. The molecule has 7 nitrogen and oxygen atoms in total. The molecule has 2 aliphatic heterocycles. The van der Waals surface area contributed by atoms with Crippen LogP contribution in [0.1, 0.15) is 30.0 Å². The van der Waals surface area contributed by atoms with Gasteiger partial charge in [0.1, 0.15) is 17.6 Å². The van der Waals surface area contributed by atoms with Crippen LogP contribution in [0, 0.1) is 5.82 Å². The number of nitrogens with one attached hydrogen (secondary N) is 1. The first kappa shape index (κ1) is 24.5. The Bertz CT molecular complexity index is 1530. The molecular formula is C29H24BrFN4O3. The van der Waals surface area contributed by atoms with Crippen molar-refractivity contribution in [1.29, 1.82) is 0 Å². The lowest BCUT2D eigenvalue weighted by molar-refractivity contribution is -0.130. The number of fused-ring (bicyclic) bond motifs is 1. The number of hydrogen-bond acceptors (Lipinski definition) is 4. The zero-order valence-corrected chi connectivity index (χ0v) is 22.1. The number of rotatable bonds is 6. The minimum atomic E-state index is -0.702. The summed E-state index contributed by atoms with van der Waals surface area (Å²) in [6, 6.07) is 19.8. The fourth-order valence-corrected chi connectivity index (χ4v) is 5.21. The number of nitrogens with zero attached hydrogens (tertiary/aromatic N) is 3. The van der Waals surface area contributed by atoms with Crippen LogP contribution in [-0.4, -0.2) is 39.1 Å². The third-order valence-corrected chi connectivity index (χ3v) is 7.43. The van der Waals surface area contributed by atoms with Crippen LogP contribution in [-0.2, 0) is 27.2 Å². The molecule has 192 valence electrons. The predicted molar refractivity (Wildman–Crippen MR) is 144 cm³/mol. The number of benzene rings is 3. The van der Waals surface area contributed by atoms with Gasteiger partial charge in [-0.1, -0.05) is 40.2 Å². The van der Waals surface area contributed by atoms with E-state index in [9.17, 15) is 14.0 Å². The van der Waals surface area contributed by atoms with Crippen LogP contribution in [0.5, 0.6) is 0 Å². The quantitative estimate of drug-likeness (QED) is 0.333. The molecule has 0 unspecified atom stereocenters. The molecule has 2 aliphatic rings. The molecule has 1 aromatic heterocycles. The van der Waals surface area contributed by atoms with E-state index in [1.807, 2.05) is 48.7 Å². The first-order valence-electron chi connectivity index (χ1n) is 12.3. The van der Waals surface area contributed by atoms with Crippen LogP contribution in [0.3, 0.4) is 0 Å². The number of hydrogen-bond donors (Lipinski definition) is 1. The molecule has 2 atom stereocenters. The second kappa shape index (κ2) is 9.81. The normalized spacial score (nSPS) is 18.7. The number of amides is 2. The third-order valence-electron chi connectivity index (χ3n) is 6.91. The Morgan fingerprint density at radius 2 is 1.84 bits per heavy atom. The minimum absolute atomic E-state index is 0.0103. The zero-order valence-electron chi connectivity index (χ0n) is 20.5. The summed E-state index contributed by atoms with van der Waals surface area (Å²) in [4.78, 5) is 26.6. The van der Waals surface area contributed by atoms with Crippen LogP contribution in [0.2, 0.25) is 0 Å². The van der Waals surface area contributed by atoms with Gasteiger partial charge < -0.3 is 15.0 Å². The second-order valence-corrected chi connectivity index (χ2v) is 10.4. The predicted octanol–water partition coefficient (Wildman–Crippen LogP) is 5.42. The Morgan fingerprint density at radius 3 is 2.61 bits per heavy atom. The van der Waals surface area contributed by atoms with E-state index < -0.39 is 12.3 Å². The van der Waals surface area contributed by atoms with Crippen molar-refractivity contribution in [3.63, 3.8) is 0 Å². The third kappa shape index (κ3) is 4.63. The summed E-state index contributed by atoms with van der Waals surface area (Å²) in [6.07, 6.45) is 1.51. The molecule has 0 saturated carbocycles. The van der Waals surface area contributed by atoms with Gasteiger partial charge in [0.05, 0.1) is 12.1 Å². The monoisotopic (exact) mass is 574 g/mol. The van der Waals surface area contributed by atoms with Gasteiger partial charge in [0.2, 0.25) is 5.91 Å². The summed E-state index contributed by atoms with van der Waals surface area (Å²) >= 11 is 3.46. The lowest BCUT2D eigenvalue weighted by Crippen LogP contribution is -2.32. The largest absolute Gasteiger partial charge is 0.339 e. The molecule has 0 spiro atoms. The number of aromatic nitrogens is 2. The highest BCUT2D eigenvalue weighted by Gasteiger charge is 2.41. The van der Waals surface area contributed by atoms with Crippen molar-refractivity contribution >= 4 is 33.4 Å². The zero-order chi connectivity index (χ0) is 26.4. The SMILES string of the molecule is C[C@@H]1O[C@H](c2nn(-c3ccc(Br)cc3)cc2-c2ccc(F)cc2)N(CCc2ccc3c(c2)CC(=O)N3)C1=O. The van der Waals surface area contributed by atoms with Crippen molar-refractivity contribution in [2.45, 2.75) is 32.1 Å². The Labute approximate surface area is 227 Å². The molecule has 3 heterocycles. The Hall–Kier alpha value is -3.82. The molecule has 0 radical (unpaired) electrons. The Kier molecular flexibility index (Phi) is 6.33. The van der Waals surface area contributed by atoms with Crippen molar-refractivity contribution in [3.8, 4) is 16.8 Å². The van der Waals surface area contributed by atoms with E-state index in [-0.39, 0.29) is 17.6 Å². The molecule has 9 heteroatoms. The lowest BCUT2D eigenvalue weighted by atomic mass is 10.0. The summed E-state index contributed by atoms with van der Waals surface area (Å²) in [7, 11) is 0. The molecular weight excluding hydrogens is 551 g/mol. The highest BCUT2D eigenvalue weighted by molar-refractivity contribution is 9.10. The maximum Gasteiger partial charge on any atom is 0.253 e. The van der Waals surface area contributed by atoms with E-state index in [0.717, 1.165) is 38.1 Å². The van der Waals surface area contributed by atoms with Crippen molar-refractivity contribution in [1.82, 2.24) is 14.7 Å². The van der Waals surface area contributed by atoms with Gasteiger partial charge >= 0.3 is 0 Å². The molecule has 2 amide bonds. The van der Waals surface area contributed by atoms with Gasteiger partial charge in [0, 0.05) is 28.5 Å². The van der Waals surface area contributed by atoms with Gasteiger partial charge in [-0.3, -0.25) is 9.59 Å². The van der Waals surface area contributed by atoms with Gasteiger partial charge in [-0.2, -0.15) is 5.10 Å². The number of carbonyl (C=O) groups excluding carboxylic acids is 2. The standard InChI is InChI=1S/C29H24BrFN4O3/c1-17-28(37)34(13-12-18-2-11-25-20(14-18)15-26(36)32-25)29(38-17)27-24(19-3-7-22(31)8-4-19)16-35(33-27)23-9-5-21(30)6-10-23/h2-11,14,16-17,29H,12-13,15H2,1H3,(H,32,36)/t17-,29+/m0/s1. The summed E-state index contributed by atoms with van der Waals surface area (Å²) < 4.78 is 22.6. The molecule has 1 fully saturated rings. The summed E-state index contributed by atoms with van der Waals surface area (Å²) in [5.41, 5.74) is 5.80. The van der Waals surface area contributed by atoms with Crippen LogP contribution in [0.4, 0.5) is 10.1 Å². The van der Waals surface area contributed by atoms with Gasteiger partial charge in [0.25, 0.3) is 5.91 Å². The van der Waals surface area contributed by atoms with Gasteiger partial charge in [-0.15, -0.1) is 0 Å². The molecule has 4 aromatic rings. The lowest BCUT2D eigenvalue weighted by Gasteiger charge is -2.23. The van der Waals surface area contributed by atoms with E-state index in [2.05, 4.69) is 21.2 Å². The summed E-state index contributed by atoms with van der Waals surface area (Å²) in [5.74, 6) is -0.454. The summed E-state index contributed by atoms with van der Waals surface area (Å²) in [5, 5.41) is 7.71. The maximum absolute atomic E-state index is 13.7. The fourth-order valence-electron chi connectivity index (χ4n) is 4.95. The van der Waals surface area contributed by atoms with Gasteiger partial charge in [-0.05, 0) is 72.5 Å². The Morgan fingerprint density at radius 1 is 1.08 bits per heavy atom. The Balaban J connectivity index is 1.34. The van der Waals surface area contributed by atoms with Crippen molar-refractivity contribution in [2.75, 3.05) is 11.9 Å². The summed E-state index contributed by atoms with van der Waals surface area (Å²) in [6.45, 7) is 2.16. The highest BCUT2D eigenvalue weighted by Crippen LogP contribution is 2.37. The first-order chi connectivity index (χ1) is 18.4. The molecule has 1 saturated heterocycles. The molecule has 38 heavy (non-hydrogen) atoms. The number of anilines is 1. The fraction of sp³-hybridized carbons (Fsp3) is 0.207. The second-order valence-electron chi connectivity index (χ2n) is 9.48. The number of ether oxygens (including phenoxy) is 1. The van der Waals surface area contributed by atoms with Gasteiger partial charge in [-0.25, -0.2) is 9.07 Å². The topological polar surface area (TPSA) is 76.5 Å². The molecule has 0 aliphatic carbocycles. The van der Waals surface area contributed by atoms with Crippen LogP contribution >= 0.6 is 15.9 Å². The smallest absolute Gasteiger partial charge is 0.253 e.